The molecule has 0 radical (unpaired) electrons. The minimum Gasteiger partial charge on any atom is -0.481 e. The standard InChI is InChI=1S/C17H20ClNO2S/c1-10-6-7-12(17(20)21)8-19(10)9-15-11(2)13-4-3-5-14(18)16(13)22-15/h3-5,10,12H,6-9H2,1-2H3,(H,20,21). The molecule has 0 bridgehead atoms. The number of thiophene rings is 1. The molecule has 5 heteroatoms. The first-order chi connectivity index (χ1) is 10.5. The van der Waals surface area contributed by atoms with Gasteiger partial charge >= 0.3 is 5.97 Å². The molecule has 1 aliphatic heterocycles. The number of aliphatic carboxylic acids is 1. The number of fused-ring (bicyclic) bond motifs is 1. The van der Waals surface area contributed by atoms with Crippen LogP contribution in [0.5, 0.6) is 0 Å². The summed E-state index contributed by atoms with van der Waals surface area (Å²) in [7, 11) is 0. The highest BCUT2D eigenvalue weighted by molar-refractivity contribution is 7.20. The number of benzene rings is 1. The molecule has 2 atom stereocenters. The third-order valence-electron chi connectivity index (χ3n) is 4.72. The van der Waals surface area contributed by atoms with Gasteiger partial charge in [-0.3, -0.25) is 9.69 Å². The quantitative estimate of drug-likeness (QED) is 0.893. The van der Waals surface area contributed by atoms with E-state index in [1.54, 1.807) is 11.3 Å². The van der Waals surface area contributed by atoms with Gasteiger partial charge in [0.2, 0.25) is 0 Å². The second-order valence-corrected chi connectivity index (χ2v) is 7.67. The van der Waals surface area contributed by atoms with Gasteiger partial charge in [-0.25, -0.2) is 0 Å². The van der Waals surface area contributed by atoms with Crippen molar-refractivity contribution in [3.8, 4) is 0 Å². The van der Waals surface area contributed by atoms with Gasteiger partial charge in [0.1, 0.15) is 0 Å². The number of hydrogen-bond acceptors (Lipinski definition) is 3. The maximum absolute atomic E-state index is 11.3. The molecule has 2 unspecified atom stereocenters. The average molecular weight is 338 g/mol. The van der Waals surface area contributed by atoms with Crippen LogP contribution in [0.25, 0.3) is 10.1 Å². The van der Waals surface area contributed by atoms with E-state index < -0.39 is 5.97 Å². The van der Waals surface area contributed by atoms with Crippen molar-refractivity contribution in [2.75, 3.05) is 6.54 Å². The van der Waals surface area contributed by atoms with Crippen molar-refractivity contribution in [1.29, 1.82) is 0 Å². The Morgan fingerprint density at radius 2 is 2.23 bits per heavy atom. The maximum atomic E-state index is 11.3. The summed E-state index contributed by atoms with van der Waals surface area (Å²) in [6, 6.07) is 6.44. The summed E-state index contributed by atoms with van der Waals surface area (Å²) >= 11 is 8.03. The van der Waals surface area contributed by atoms with Crippen LogP contribution < -0.4 is 0 Å². The maximum Gasteiger partial charge on any atom is 0.307 e. The molecule has 1 aromatic heterocycles. The van der Waals surface area contributed by atoms with E-state index in [1.807, 2.05) is 12.1 Å². The Labute approximate surface area is 139 Å². The lowest BCUT2D eigenvalue weighted by molar-refractivity contribution is -0.144. The van der Waals surface area contributed by atoms with E-state index in [4.69, 9.17) is 11.6 Å². The third kappa shape index (κ3) is 2.87. The Morgan fingerprint density at radius 1 is 1.45 bits per heavy atom. The molecule has 0 spiro atoms. The van der Waals surface area contributed by atoms with E-state index in [2.05, 4.69) is 24.8 Å². The highest BCUT2D eigenvalue weighted by atomic mass is 35.5. The first kappa shape index (κ1) is 15.8. The fraction of sp³-hybridized carbons (Fsp3) is 0.471. The minimum absolute atomic E-state index is 0.241. The fourth-order valence-electron chi connectivity index (χ4n) is 3.19. The second kappa shape index (κ2) is 6.19. The molecule has 2 aromatic rings. The van der Waals surface area contributed by atoms with Gasteiger partial charge in [0, 0.05) is 24.0 Å². The van der Waals surface area contributed by atoms with E-state index in [-0.39, 0.29) is 5.92 Å². The number of carbonyl (C=O) groups is 1. The Morgan fingerprint density at radius 3 is 2.91 bits per heavy atom. The number of carboxylic acids is 1. The monoisotopic (exact) mass is 337 g/mol. The van der Waals surface area contributed by atoms with E-state index in [1.165, 1.54) is 15.8 Å². The molecule has 3 rings (SSSR count). The lowest BCUT2D eigenvalue weighted by Gasteiger charge is -2.36. The Bertz CT molecular complexity index is 712. The van der Waals surface area contributed by atoms with E-state index in [9.17, 15) is 9.90 Å². The molecule has 1 saturated heterocycles. The zero-order chi connectivity index (χ0) is 15.9. The highest BCUT2D eigenvalue weighted by Gasteiger charge is 2.30. The predicted octanol–water partition coefficient (Wildman–Crippen LogP) is 4.55. The molecule has 1 fully saturated rings. The molecule has 0 saturated carbocycles. The van der Waals surface area contributed by atoms with E-state index >= 15 is 0 Å². The predicted molar refractivity (Wildman–Crippen MR) is 91.8 cm³/mol. The topological polar surface area (TPSA) is 40.5 Å². The van der Waals surface area contributed by atoms with Crippen LogP contribution in [0.4, 0.5) is 0 Å². The summed E-state index contributed by atoms with van der Waals surface area (Å²) in [6.07, 6.45) is 1.73. The van der Waals surface area contributed by atoms with Crippen LogP contribution in [-0.2, 0) is 11.3 Å². The van der Waals surface area contributed by atoms with E-state index in [0.29, 0.717) is 12.6 Å². The lowest BCUT2D eigenvalue weighted by atomic mass is 9.93. The Hall–Kier alpha value is -1.10. The zero-order valence-electron chi connectivity index (χ0n) is 12.8. The number of carboxylic acid groups (broad SMARTS) is 1. The largest absolute Gasteiger partial charge is 0.481 e. The van der Waals surface area contributed by atoms with Crippen molar-refractivity contribution in [2.45, 2.75) is 39.3 Å². The molecule has 118 valence electrons. The van der Waals surface area contributed by atoms with Crippen LogP contribution in [0.3, 0.4) is 0 Å². The molecule has 1 aliphatic rings. The van der Waals surface area contributed by atoms with Gasteiger partial charge in [-0.1, -0.05) is 23.7 Å². The number of likely N-dealkylation sites (tertiary alicyclic amines) is 1. The Balaban J connectivity index is 1.87. The number of rotatable bonds is 3. The number of hydrogen-bond donors (Lipinski definition) is 1. The van der Waals surface area contributed by atoms with Crippen LogP contribution in [0.15, 0.2) is 18.2 Å². The Kier molecular flexibility index (Phi) is 4.44. The summed E-state index contributed by atoms with van der Waals surface area (Å²) < 4.78 is 1.14. The summed E-state index contributed by atoms with van der Waals surface area (Å²) in [4.78, 5) is 14.9. The molecule has 22 heavy (non-hydrogen) atoms. The van der Waals surface area contributed by atoms with Crippen LogP contribution in [-0.4, -0.2) is 28.6 Å². The molecule has 2 heterocycles. The molecule has 1 N–H and O–H groups in total. The highest BCUT2D eigenvalue weighted by Crippen LogP contribution is 2.37. The van der Waals surface area contributed by atoms with Crippen LogP contribution in [0.1, 0.15) is 30.2 Å². The van der Waals surface area contributed by atoms with Gasteiger partial charge in [-0.05, 0) is 43.7 Å². The van der Waals surface area contributed by atoms with Crippen LogP contribution >= 0.6 is 22.9 Å². The molecular formula is C17H20ClNO2S. The van der Waals surface area contributed by atoms with Crippen molar-refractivity contribution in [3.63, 3.8) is 0 Å². The van der Waals surface area contributed by atoms with Gasteiger partial charge < -0.3 is 5.11 Å². The van der Waals surface area contributed by atoms with Crippen LogP contribution in [0.2, 0.25) is 5.02 Å². The van der Waals surface area contributed by atoms with E-state index in [0.717, 1.165) is 29.1 Å². The van der Waals surface area contributed by atoms with Crippen molar-refractivity contribution in [2.24, 2.45) is 5.92 Å². The van der Waals surface area contributed by atoms with Gasteiger partial charge in [-0.2, -0.15) is 0 Å². The first-order valence-corrected chi connectivity index (χ1v) is 8.80. The van der Waals surface area contributed by atoms with Crippen LogP contribution in [0, 0.1) is 12.8 Å². The SMILES string of the molecule is Cc1c(CN2CC(C(=O)O)CCC2C)sc2c(Cl)cccc12. The summed E-state index contributed by atoms with van der Waals surface area (Å²) in [6.45, 7) is 5.77. The number of halogens is 1. The van der Waals surface area contributed by atoms with Crippen molar-refractivity contribution < 1.29 is 9.90 Å². The third-order valence-corrected chi connectivity index (χ3v) is 6.47. The molecule has 3 nitrogen and oxygen atoms in total. The molecular weight excluding hydrogens is 318 g/mol. The minimum atomic E-state index is -0.673. The summed E-state index contributed by atoms with van der Waals surface area (Å²) in [5.74, 6) is -0.914. The van der Waals surface area contributed by atoms with Crippen molar-refractivity contribution in [3.05, 3.63) is 33.7 Å². The van der Waals surface area contributed by atoms with Gasteiger partial charge in [0.05, 0.1) is 15.6 Å². The zero-order valence-corrected chi connectivity index (χ0v) is 14.4. The smallest absolute Gasteiger partial charge is 0.307 e. The summed E-state index contributed by atoms with van der Waals surface area (Å²) in [5, 5.41) is 11.3. The number of nitrogens with zero attached hydrogens (tertiary/aromatic N) is 1. The number of piperidine rings is 1. The molecule has 0 amide bonds. The fourth-order valence-corrected chi connectivity index (χ4v) is 4.72. The molecule has 1 aromatic carbocycles. The van der Waals surface area contributed by atoms with Crippen molar-refractivity contribution >= 4 is 39.0 Å². The average Bonchev–Trinajstić information content (AvgIpc) is 2.80. The van der Waals surface area contributed by atoms with Gasteiger partial charge in [0.15, 0.2) is 0 Å². The number of aryl methyl sites for hydroxylation is 1. The van der Waals surface area contributed by atoms with Gasteiger partial charge in [0.25, 0.3) is 0 Å². The van der Waals surface area contributed by atoms with Crippen molar-refractivity contribution in [1.82, 2.24) is 4.90 Å². The van der Waals surface area contributed by atoms with Gasteiger partial charge in [-0.15, -0.1) is 11.3 Å². The molecule has 0 aliphatic carbocycles. The lowest BCUT2D eigenvalue weighted by Crippen LogP contribution is -2.43. The first-order valence-electron chi connectivity index (χ1n) is 7.60. The summed E-state index contributed by atoms with van der Waals surface area (Å²) in [5.41, 5.74) is 1.27. The second-order valence-electron chi connectivity index (χ2n) is 6.16. The normalized spacial score (nSPS) is 23.0.